The third-order valence-corrected chi connectivity index (χ3v) is 6.74. The van der Waals surface area contributed by atoms with E-state index in [4.69, 9.17) is 23.2 Å². The zero-order chi connectivity index (χ0) is 26.5. The van der Waals surface area contributed by atoms with Crippen LogP contribution in [0, 0.1) is 11.6 Å². The van der Waals surface area contributed by atoms with Gasteiger partial charge in [-0.2, -0.15) is 0 Å². The summed E-state index contributed by atoms with van der Waals surface area (Å²) in [4.78, 5) is 27.3. The molecule has 1 saturated heterocycles. The molecule has 1 N–H and O–H groups in total. The molecule has 35 heavy (non-hydrogen) atoms. The Labute approximate surface area is 215 Å². The van der Waals surface area contributed by atoms with Gasteiger partial charge in [-0.15, -0.1) is 0 Å². The lowest BCUT2D eigenvalue weighted by atomic mass is 9.93. The maximum absolute atomic E-state index is 14.6. The number of hydrogen-bond acceptors (Lipinski definition) is 3. The highest BCUT2D eigenvalue weighted by atomic mass is 35.5. The topological polar surface area (TPSA) is 52.7 Å². The third-order valence-electron chi connectivity index (χ3n) is 6.00. The van der Waals surface area contributed by atoms with Crippen LogP contribution in [0.4, 0.5) is 14.5 Å². The van der Waals surface area contributed by atoms with Crippen LogP contribution in [0.15, 0.2) is 43.0 Å². The highest BCUT2D eigenvalue weighted by Gasteiger charge is 2.43. The minimum Gasteiger partial charge on any atom is -0.380 e. The van der Waals surface area contributed by atoms with E-state index in [0.29, 0.717) is 34.9 Å². The third kappa shape index (κ3) is 6.33. The first kappa shape index (κ1) is 28.6. The zero-order valence-electron chi connectivity index (χ0n) is 20.6. The number of nitrogens with one attached hydrogen (secondary N) is 1. The highest BCUT2D eigenvalue weighted by molar-refractivity contribution is 6.41. The normalized spacial score (nSPS) is 17.6. The lowest BCUT2D eigenvalue weighted by Gasteiger charge is -2.28. The van der Waals surface area contributed by atoms with Crippen molar-refractivity contribution in [3.05, 3.63) is 75.8 Å². The van der Waals surface area contributed by atoms with Crippen molar-refractivity contribution in [3.8, 4) is 0 Å². The van der Waals surface area contributed by atoms with Gasteiger partial charge in [0.05, 0.1) is 21.1 Å². The molecule has 9 heteroatoms. The molecule has 2 aliphatic heterocycles. The molecule has 2 amide bonds. The van der Waals surface area contributed by atoms with Gasteiger partial charge in [-0.1, -0.05) is 43.6 Å². The lowest BCUT2D eigenvalue weighted by molar-refractivity contribution is -0.125. The molecule has 0 aliphatic carbocycles. The molecule has 2 heterocycles. The first-order chi connectivity index (χ1) is 16.4. The van der Waals surface area contributed by atoms with E-state index in [1.165, 1.54) is 30.3 Å². The summed E-state index contributed by atoms with van der Waals surface area (Å²) in [5.41, 5.74) is 0.760. The number of anilines is 1. The number of carbonyl (C=O) groups is 2. The van der Waals surface area contributed by atoms with Crippen LogP contribution in [-0.4, -0.2) is 47.8 Å². The van der Waals surface area contributed by atoms with Gasteiger partial charge >= 0.3 is 0 Å². The Morgan fingerprint density at radius 1 is 1.17 bits per heavy atom. The monoisotopic (exact) mass is 525 g/mol. The molecule has 0 aromatic heterocycles. The molecule has 0 radical (unpaired) electrons. The summed E-state index contributed by atoms with van der Waals surface area (Å²) in [5, 5.41) is 3.86. The van der Waals surface area contributed by atoms with E-state index in [-0.39, 0.29) is 34.5 Å². The summed E-state index contributed by atoms with van der Waals surface area (Å²) in [6.45, 7) is 12.4. The molecule has 2 aromatic carbocycles. The second-order valence-electron chi connectivity index (χ2n) is 8.48. The molecule has 1 fully saturated rings. The van der Waals surface area contributed by atoms with Crippen LogP contribution in [0.1, 0.15) is 50.0 Å². The molecular weight excluding hydrogens is 495 g/mol. The molecule has 1 unspecified atom stereocenters. The van der Waals surface area contributed by atoms with E-state index in [9.17, 15) is 18.4 Å². The summed E-state index contributed by atoms with van der Waals surface area (Å²) in [7, 11) is 1.69. The molecule has 190 valence electrons. The molecule has 1 atom stereocenters. The summed E-state index contributed by atoms with van der Waals surface area (Å²) >= 11 is 10.9. The minimum atomic E-state index is -0.657. The molecule has 4 rings (SSSR count). The van der Waals surface area contributed by atoms with Crippen molar-refractivity contribution in [1.82, 2.24) is 9.80 Å². The van der Waals surface area contributed by atoms with E-state index in [2.05, 4.69) is 11.9 Å². The van der Waals surface area contributed by atoms with E-state index in [1.807, 2.05) is 27.7 Å². The predicted octanol–water partition coefficient (Wildman–Crippen LogP) is 6.50. The van der Waals surface area contributed by atoms with Gasteiger partial charge in [0.1, 0.15) is 11.6 Å². The summed E-state index contributed by atoms with van der Waals surface area (Å²) in [5.74, 6) is -1.02. The van der Waals surface area contributed by atoms with Gasteiger partial charge in [0.2, 0.25) is 5.91 Å². The lowest BCUT2D eigenvalue weighted by Crippen LogP contribution is -2.35. The van der Waals surface area contributed by atoms with Crippen molar-refractivity contribution in [2.45, 2.75) is 45.7 Å². The average molecular weight is 526 g/mol. The van der Waals surface area contributed by atoms with Crippen LogP contribution in [-0.2, 0) is 10.3 Å². The van der Waals surface area contributed by atoms with E-state index in [1.54, 1.807) is 22.9 Å². The Hall–Kier alpha value is -2.64. The largest absolute Gasteiger partial charge is 0.380 e. The number of likely N-dealkylation sites (tertiary alicyclic amines) is 1. The zero-order valence-corrected chi connectivity index (χ0v) is 22.1. The molecular formula is C26H31Cl2F2N3O2. The Kier molecular flexibility index (Phi) is 9.69. The summed E-state index contributed by atoms with van der Waals surface area (Å²) in [6.07, 6.45) is 2.08. The highest BCUT2D eigenvalue weighted by Crippen LogP contribution is 2.40. The van der Waals surface area contributed by atoms with Gasteiger partial charge in [-0.05, 0) is 56.7 Å². The predicted molar refractivity (Wildman–Crippen MR) is 138 cm³/mol. The van der Waals surface area contributed by atoms with Gasteiger partial charge < -0.3 is 15.1 Å². The summed E-state index contributed by atoms with van der Waals surface area (Å²) < 4.78 is 26.8. The molecule has 2 aromatic rings. The summed E-state index contributed by atoms with van der Waals surface area (Å²) in [6, 6.07) is 7.03. The van der Waals surface area contributed by atoms with Crippen LogP contribution in [0.5, 0.6) is 0 Å². The van der Waals surface area contributed by atoms with Gasteiger partial charge in [0, 0.05) is 37.4 Å². The number of fused-ring (bicyclic) bond motifs is 1. The number of carbonyl (C=O) groups excluding carboxylic acids is 2. The smallest absolute Gasteiger partial charge is 0.254 e. The van der Waals surface area contributed by atoms with Gasteiger partial charge in [-0.25, -0.2) is 8.78 Å². The first-order valence-corrected chi connectivity index (χ1v) is 12.1. The Morgan fingerprint density at radius 2 is 1.83 bits per heavy atom. The van der Waals surface area contributed by atoms with E-state index < -0.39 is 5.54 Å². The second-order valence-corrected chi connectivity index (χ2v) is 9.29. The van der Waals surface area contributed by atoms with Crippen LogP contribution in [0.25, 0.3) is 0 Å². The fourth-order valence-corrected chi connectivity index (χ4v) is 4.28. The van der Waals surface area contributed by atoms with Crippen molar-refractivity contribution in [3.63, 3.8) is 0 Å². The van der Waals surface area contributed by atoms with Crippen LogP contribution >= 0.6 is 23.2 Å². The number of rotatable bonds is 3. The van der Waals surface area contributed by atoms with Crippen LogP contribution in [0.2, 0.25) is 10.0 Å². The molecule has 0 spiro atoms. The van der Waals surface area contributed by atoms with Gasteiger partial charge in [-0.3, -0.25) is 9.59 Å². The fraction of sp³-hybridized carbons (Fsp3) is 0.385. The molecule has 2 aliphatic rings. The molecule has 0 bridgehead atoms. The first-order valence-electron chi connectivity index (χ1n) is 11.4. The van der Waals surface area contributed by atoms with Crippen LogP contribution in [0.3, 0.4) is 0 Å². The Balaban J connectivity index is 0.000000329. The average Bonchev–Trinajstić information content (AvgIpc) is 3.35. The van der Waals surface area contributed by atoms with E-state index in [0.717, 1.165) is 6.42 Å². The molecule has 0 saturated carbocycles. The number of amides is 2. The maximum atomic E-state index is 14.6. The SMILES string of the molecule is C=CC(=O)N1CCC(Nc2cc(F)c3c(c2)C(=O)N(C)C3(C)C)C1.CC.Fc1ccc(Cl)c(Cl)c1. The fourth-order valence-electron chi connectivity index (χ4n) is 4.00. The number of halogens is 4. The quantitative estimate of drug-likeness (QED) is 0.367. The van der Waals surface area contributed by atoms with Crippen molar-refractivity contribution < 1.29 is 18.4 Å². The van der Waals surface area contributed by atoms with Crippen LogP contribution < -0.4 is 5.32 Å². The van der Waals surface area contributed by atoms with Crippen molar-refractivity contribution >= 4 is 40.7 Å². The Morgan fingerprint density at radius 3 is 2.40 bits per heavy atom. The van der Waals surface area contributed by atoms with E-state index >= 15 is 0 Å². The second kappa shape index (κ2) is 11.9. The van der Waals surface area contributed by atoms with Crippen molar-refractivity contribution in [2.75, 3.05) is 25.5 Å². The number of nitrogens with zero attached hydrogens (tertiary/aromatic N) is 2. The standard InChI is InChI=1S/C18H22FN3O2.C6H3Cl2F.C2H6/c1-5-15(23)22-7-6-11(10-22)20-12-8-13-16(14(19)9-12)18(2,3)21(4)17(13)24;7-5-2-1-4(9)3-6(5)8;1-2/h5,8-9,11,20H,1,6-7,10H2,2-4H3;1-3H;1-2H3. The van der Waals surface area contributed by atoms with Crippen molar-refractivity contribution in [2.24, 2.45) is 0 Å². The van der Waals surface area contributed by atoms with Gasteiger partial charge in [0.25, 0.3) is 5.91 Å². The minimum absolute atomic E-state index is 0.0357. The Bertz CT molecular complexity index is 1110. The number of hydrogen-bond donors (Lipinski definition) is 1. The van der Waals surface area contributed by atoms with Gasteiger partial charge in [0.15, 0.2) is 0 Å². The van der Waals surface area contributed by atoms with Crippen molar-refractivity contribution in [1.29, 1.82) is 0 Å². The number of benzene rings is 2. The molecule has 5 nitrogen and oxygen atoms in total. The maximum Gasteiger partial charge on any atom is 0.254 e.